The van der Waals surface area contributed by atoms with E-state index in [1.54, 1.807) is 30.5 Å². The lowest BCUT2D eigenvalue weighted by molar-refractivity contribution is 0.603. The SMILES string of the molecule is O=S(=O)(Nc1cccc(-c2ccn[nH]2)c1)c1ccc(Cl)s1. The molecule has 0 bridgehead atoms. The van der Waals surface area contributed by atoms with Crippen LogP contribution in [0, 0.1) is 0 Å². The number of benzene rings is 1. The van der Waals surface area contributed by atoms with Crippen LogP contribution in [0.4, 0.5) is 5.69 Å². The van der Waals surface area contributed by atoms with E-state index in [0.29, 0.717) is 10.0 Å². The molecule has 0 saturated carbocycles. The van der Waals surface area contributed by atoms with Crippen molar-refractivity contribution < 1.29 is 8.42 Å². The minimum atomic E-state index is -3.62. The topological polar surface area (TPSA) is 74.8 Å². The first-order chi connectivity index (χ1) is 10.0. The van der Waals surface area contributed by atoms with Crippen LogP contribution in [-0.2, 0) is 10.0 Å². The third-order valence-corrected chi connectivity index (χ3v) is 5.84. The second kappa shape index (κ2) is 5.51. The molecule has 0 atom stereocenters. The quantitative estimate of drug-likeness (QED) is 0.762. The Morgan fingerprint density at radius 2 is 2.05 bits per heavy atom. The van der Waals surface area contributed by atoms with Crippen LogP contribution in [0.25, 0.3) is 11.3 Å². The third kappa shape index (κ3) is 3.10. The molecule has 0 aliphatic carbocycles. The van der Waals surface area contributed by atoms with Gasteiger partial charge in [0.25, 0.3) is 10.0 Å². The highest BCUT2D eigenvalue weighted by Gasteiger charge is 2.16. The summed E-state index contributed by atoms with van der Waals surface area (Å²) in [5.41, 5.74) is 2.14. The summed E-state index contributed by atoms with van der Waals surface area (Å²) < 4.78 is 27.6. The number of rotatable bonds is 4. The number of hydrogen-bond donors (Lipinski definition) is 2. The molecule has 5 nitrogen and oxygen atoms in total. The first-order valence-electron chi connectivity index (χ1n) is 5.92. The van der Waals surface area contributed by atoms with Gasteiger partial charge < -0.3 is 0 Å². The number of thiophene rings is 1. The van der Waals surface area contributed by atoms with Crippen molar-refractivity contribution in [3.05, 3.63) is 53.0 Å². The molecule has 0 fully saturated rings. The number of halogens is 1. The van der Waals surface area contributed by atoms with Gasteiger partial charge in [0.05, 0.1) is 10.0 Å². The number of aromatic nitrogens is 2. The van der Waals surface area contributed by atoms with E-state index in [4.69, 9.17) is 11.6 Å². The summed E-state index contributed by atoms with van der Waals surface area (Å²) in [5, 5.41) is 6.71. The largest absolute Gasteiger partial charge is 0.279 e. The van der Waals surface area contributed by atoms with E-state index in [1.165, 1.54) is 6.07 Å². The molecule has 0 saturated heterocycles. The number of nitrogens with one attached hydrogen (secondary N) is 2. The first kappa shape index (κ1) is 14.1. The van der Waals surface area contributed by atoms with E-state index >= 15 is 0 Å². The van der Waals surface area contributed by atoms with Gasteiger partial charge in [-0.25, -0.2) is 8.42 Å². The minimum absolute atomic E-state index is 0.180. The number of aromatic amines is 1. The van der Waals surface area contributed by atoms with Crippen molar-refractivity contribution in [2.24, 2.45) is 0 Å². The van der Waals surface area contributed by atoms with Crippen molar-refractivity contribution in [1.29, 1.82) is 0 Å². The minimum Gasteiger partial charge on any atom is -0.279 e. The Hall–Kier alpha value is -1.83. The van der Waals surface area contributed by atoms with Crippen molar-refractivity contribution in [2.75, 3.05) is 4.72 Å². The van der Waals surface area contributed by atoms with Crippen LogP contribution in [-0.4, -0.2) is 18.6 Å². The fourth-order valence-electron chi connectivity index (χ4n) is 1.81. The molecular weight excluding hydrogens is 330 g/mol. The first-order valence-corrected chi connectivity index (χ1v) is 8.60. The molecule has 0 unspecified atom stereocenters. The monoisotopic (exact) mass is 339 g/mol. The van der Waals surface area contributed by atoms with Crippen molar-refractivity contribution >= 4 is 38.6 Å². The van der Waals surface area contributed by atoms with Crippen molar-refractivity contribution in [3.8, 4) is 11.3 Å². The van der Waals surface area contributed by atoms with Gasteiger partial charge in [-0.1, -0.05) is 23.7 Å². The normalized spacial score (nSPS) is 11.5. The lowest BCUT2D eigenvalue weighted by Crippen LogP contribution is -2.11. The molecule has 8 heteroatoms. The van der Waals surface area contributed by atoms with E-state index in [1.807, 2.05) is 12.1 Å². The number of H-pyrrole nitrogens is 1. The zero-order valence-electron chi connectivity index (χ0n) is 10.6. The molecule has 1 aromatic carbocycles. The van der Waals surface area contributed by atoms with Gasteiger partial charge in [-0.05, 0) is 30.3 Å². The maximum atomic E-state index is 12.2. The third-order valence-electron chi connectivity index (χ3n) is 2.74. The van der Waals surface area contributed by atoms with Crippen LogP contribution in [0.2, 0.25) is 4.34 Å². The predicted molar refractivity (Wildman–Crippen MR) is 84.2 cm³/mol. The summed E-state index contributed by atoms with van der Waals surface area (Å²) in [4.78, 5) is 0. The zero-order valence-corrected chi connectivity index (χ0v) is 13.0. The summed E-state index contributed by atoms with van der Waals surface area (Å²) in [6.07, 6.45) is 1.64. The molecule has 0 spiro atoms. The predicted octanol–water partition coefficient (Wildman–Crippen LogP) is 3.59. The van der Waals surface area contributed by atoms with Crippen LogP contribution in [0.3, 0.4) is 0 Å². The molecule has 21 heavy (non-hydrogen) atoms. The molecule has 0 aliphatic heterocycles. The molecule has 2 heterocycles. The Labute approximate surface area is 130 Å². The van der Waals surface area contributed by atoms with Crippen molar-refractivity contribution in [1.82, 2.24) is 10.2 Å². The van der Waals surface area contributed by atoms with Crippen LogP contribution in [0.1, 0.15) is 0 Å². The van der Waals surface area contributed by atoms with Crippen molar-refractivity contribution in [3.63, 3.8) is 0 Å². The highest BCUT2D eigenvalue weighted by Crippen LogP contribution is 2.28. The Kier molecular flexibility index (Phi) is 3.71. The fourth-order valence-corrected chi connectivity index (χ4v) is 4.35. The molecule has 0 amide bonds. The molecule has 3 aromatic rings. The Morgan fingerprint density at radius 3 is 2.71 bits per heavy atom. The van der Waals surface area contributed by atoms with Crippen LogP contribution < -0.4 is 4.72 Å². The number of hydrogen-bond acceptors (Lipinski definition) is 4. The Balaban J connectivity index is 1.90. The summed E-state index contributed by atoms with van der Waals surface area (Å²) in [7, 11) is -3.62. The highest BCUT2D eigenvalue weighted by atomic mass is 35.5. The number of anilines is 1. The lowest BCUT2D eigenvalue weighted by Gasteiger charge is -2.07. The molecular formula is C13H10ClN3O2S2. The second-order valence-electron chi connectivity index (χ2n) is 4.22. The molecule has 2 N–H and O–H groups in total. The van der Waals surface area contributed by atoms with Crippen LogP contribution in [0.5, 0.6) is 0 Å². The van der Waals surface area contributed by atoms with Gasteiger partial charge in [0, 0.05) is 17.4 Å². The molecule has 108 valence electrons. The number of sulfonamides is 1. The summed E-state index contributed by atoms with van der Waals surface area (Å²) in [5.74, 6) is 0. The van der Waals surface area contributed by atoms with Gasteiger partial charge in [0.2, 0.25) is 0 Å². The van der Waals surface area contributed by atoms with Gasteiger partial charge in [-0.3, -0.25) is 9.82 Å². The van der Waals surface area contributed by atoms with E-state index < -0.39 is 10.0 Å². The van der Waals surface area contributed by atoms with Gasteiger partial charge >= 0.3 is 0 Å². The summed E-state index contributed by atoms with van der Waals surface area (Å²) in [6.45, 7) is 0. The zero-order chi connectivity index (χ0) is 14.9. The van der Waals surface area contributed by atoms with Gasteiger partial charge in [0.15, 0.2) is 0 Å². The summed E-state index contributed by atoms with van der Waals surface area (Å²) >= 11 is 6.79. The molecule has 0 radical (unpaired) electrons. The van der Waals surface area contributed by atoms with Gasteiger partial charge in [0.1, 0.15) is 4.21 Å². The standard InChI is InChI=1S/C13H10ClN3O2S2/c14-12-4-5-13(20-12)21(18,19)17-10-3-1-2-9(8-10)11-6-7-15-16-11/h1-8,17H,(H,15,16). The molecule has 0 aliphatic rings. The highest BCUT2D eigenvalue weighted by molar-refractivity contribution is 7.94. The molecule has 3 rings (SSSR count). The second-order valence-corrected chi connectivity index (χ2v) is 7.84. The molecule has 2 aromatic heterocycles. The number of nitrogens with zero attached hydrogens (tertiary/aromatic N) is 1. The fraction of sp³-hybridized carbons (Fsp3) is 0. The van der Waals surface area contributed by atoms with Gasteiger partial charge in [-0.15, -0.1) is 11.3 Å². The van der Waals surface area contributed by atoms with E-state index in [9.17, 15) is 8.42 Å². The average molecular weight is 340 g/mol. The maximum Gasteiger partial charge on any atom is 0.271 e. The van der Waals surface area contributed by atoms with Crippen LogP contribution >= 0.6 is 22.9 Å². The van der Waals surface area contributed by atoms with E-state index in [2.05, 4.69) is 14.9 Å². The smallest absolute Gasteiger partial charge is 0.271 e. The average Bonchev–Trinajstić information content (AvgIpc) is 3.09. The lowest BCUT2D eigenvalue weighted by atomic mass is 10.1. The van der Waals surface area contributed by atoms with Gasteiger partial charge in [-0.2, -0.15) is 5.10 Å². The van der Waals surface area contributed by atoms with E-state index in [0.717, 1.165) is 22.6 Å². The Bertz CT molecular complexity index is 857. The van der Waals surface area contributed by atoms with E-state index in [-0.39, 0.29) is 4.21 Å². The maximum absolute atomic E-state index is 12.2. The Morgan fingerprint density at radius 1 is 1.19 bits per heavy atom. The van der Waals surface area contributed by atoms with Crippen LogP contribution in [0.15, 0.2) is 52.9 Å². The van der Waals surface area contributed by atoms with Crippen molar-refractivity contribution in [2.45, 2.75) is 4.21 Å². The summed E-state index contributed by atoms with van der Waals surface area (Å²) in [6, 6.07) is 11.9.